The van der Waals surface area contributed by atoms with Crippen LogP contribution in [0.4, 0.5) is 0 Å². The molecule has 0 heterocycles. The second-order valence-corrected chi connectivity index (χ2v) is 9.84. The zero-order chi connectivity index (χ0) is 24.9. The minimum absolute atomic E-state index is 0.0103. The van der Waals surface area contributed by atoms with Crippen molar-refractivity contribution >= 4 is 21.6 Å². The Kier molecular flexibility index (Phi) is 7.70. The van der Waals surface area contributed by atoms with Gasteiger partial charge in [0.25, 0.3) is 5.91 Å². The Hall–Kier alpha value is -3.69. The smallest absolute Gasteiger partial charge is 0.271 e. The Bertz CT molecular complexity index is 1300. The second-order valence-electron chi connectivity index (χ2n) is 7.79. The number of ether oxygens (including phenoxy) is 1. The van der Waals surface area contributed by atoms with Gasteiger partial charge >= 0.3 is 0 Å². The van der Waals surface area contributed by atoms with E-state index >= 15 is 0 Å². The Labute approximate surface area is 199 Å². The Morgan fingerprint density at radius 1 is 1.06 bits per heavy atom. The van der Waals surface area contributed by atoms with Gasteiger partial charge < -0.3 is 9.84 Å². The average Bonchev–Trinajstić information content (AvgIpc) is 2.82. The van der Waals surface area contributed by atoms with Gasteiger partial charge in [0.05, 0.1) is 17.7 Å². The maximum Gasteiger partial charge on any atom is 0.271 e. The molecule has 0 bridgehead atoms. The Balaban J connectivity index is 1.65. The predicted molar refractivity (Wildman–Crippen MR) is 131 cm³/mol. The van der Waals surface area contributed by atoms with Crippen LogP contribution in [0.5, 0.6) is 11.5 Å². The van der Waals surface area contributed by atoms with E-state index in [-0.39, 0.29) is 17.2 Å². The Morgan fingerprint density at radius 2 is 1.71 bits per heavy atom. The lowest BCUT2D eigenvalue weighted by Crippen LogP contribution is -2.26. The summed E-state index contributed by atoms with van der Waals surface area (Å²) in [6.07, 6.45) is 0. The topological polar surface area (TPSA) is 108 Å². The standard InChI is InChI=1S/C25H27N3O5S/c1-17-5-12-22(13-6-17)34(31,32)28(3)16-19-7-9-20(10-8-19)25(30)27-26-18(2)23-14-11-21(33-4)15-24(23)29/h5-15,29H,16H2,1-4H3,(H,27,30)/b26-18+. The fourth-order valence-corrected chi connectivity index (χ4v) is 4.36. The van der Waals surface area contributed by atoms with Gasteiger partial charge in [-0.25, -0.2) is 13.8 Å². The van der Waals surface area contributed by atoms with Crippen LogP contribution in [0.15, 0.2) is 76.7 Å². The minimum Gasteiger partial charge on any atom is -0.507 e. The first-order valence-corrected chi connectivity index (χ1v) is 11.9. The van der Waals surface area contributed by atoms with Crippen LogP contribution in [0.1, 0.15) is 34.0 Å². The highest BCUT2D eigenvalue weighted by Crippen LogP contribution is 2.24. The van der Waals surface area contributed by atoms with Crippen molar-refractivity contribution in [2.75, 3.05) is 14.2 Å². The molecule has 0 saturated heterocycles. The summed E-state index contributed by atoms with van der Waals surface area (Å²) in [5, 5.41) is 14.2. The lowest BCUT2D eigenvalue weighted by molar-refractivity contribution is 0.0954. The Morgan fingerprint density at radius 3 is 2.29 bits per heavy atom. The number of nitrogens with zero attached hydrogens (tertiary/aromatic N) is 2. The number of aryl methyl sites for hydroxylation is 1. The molecular formula is C25H27N3O5S. The first-order valence-electron chi connectivity index (χ1n) is 10.5. The van der Waals surface area contributed by atoms with Gasteiger partial charge in [-0.2, -0.15) is 9.41 Å². The van der Waals surface area contributed by atoms with Gasteiger partial charge in [0, 0.05) is 30.8 Å². The van der Waals surface area contributed by atoms with E-state index < -0.39 is 15.9 Å². The minimum atomic E-state index is -3.62. The van der Waals surface area contributed by atoms with Crippen LogP contribution in [-0.2, 0) is 16.6 Å². The highest BCUT2D eigenvalue weighted by atomic mass is 32.2. The van der Waals surface area contributed by atoms with E-state index in [0.717, 1.165) is 11.1 Å². The van der Waals surface area contributed by atoms with E-state index in [1.807, 2.05) is 6.92 Å². The maximum absolute atomic E-state index is 12.8. The summed E-state index contributed by atoms with van der Waals surface area (Å²) in [6, 6.07) is 18.1. The summed E-state index contributed by atoms with van der Waals surface area (Å²) in [6.45, 7) is 3.72. The van der Waals surface area contributed by atoms with Gasteiger partial charge in [-0.05, 0) is 55.8 Å². The summed E-state index contributed by atoms with van der Waals surface area (Å²) in [4.78, 5) is 12.7. The average molecular weight is 482 g/mol. The molecule has 0 aromatic heterocycles. The van der Waals surface area contributed by atoms with E-state index in [2.05, 4.69) is 10.5 Å². The molecule has 3 aromatic rings. The highest BCUT2D eigenvalue weighted by Gasteiger charge is 2.20. The monoisotopic (exact) mass is 481 g/mol. The number of sulfonamides is 1. The number of aromatic hydroxyl groups is 1. The van der Waals surface area contributed by atoms with Gasteiger partial charge in [0.2, 0.25) is 10.0 Å². The zero-order valence-electron chi connectivity index (χ0n) is 19.4. The number of hydrazone groups is 1. The lowest BCUT2D eigenvalue weighted by atomic mass is 10.1. The molecule has 9 heteroatoms. The SMILES string of the molecule is COc1ccc(/C(C)=N/NC(=O)c2ccc(CN(C)S(=O)(=O)c3ccc(C)cc3)cc2)c(O)c1. The first-order chi connectivity index (χ1) is 16.1. The molecule has 0 radical (unpaired) electrons. The largest absolute Gasteiger partial charge is 0.507 e. The number of carbonyl (C=O) groups is 1. The number of hydrogen-bond donors (Lipinski definition) is 2. The van der Waals surface area contributed by atoms with E-state index in [1.54, 1.807) is 67.6 Å². The molecule has 8 nitrogen and oxygen atoms in total. The quantitative estimate of drug-likeness (QED) is 0.377. The molecule has 0 spiro atoms. The third-order valence-corrected chi connectivity index (χ3v) is 7.09. The maximum atomic E-state index is 12.8. The third-order valence-electron chi connectivity index (χ3n) is 5.27. The lowest BCUT2D eigenvalue weighted by Gasteiger charge is -2.17. The molecule has 0 unspecified atom stereocenters. The summed E-state index contributed by atoms with van der Waals surface area (Å²) in [7, 11) is -0.607. The van der Waals surface area contributed by atoms with Crippen LogP contribution in [0, 0.1) is 6.92 Å². The van der Waals surface area contributed by atoms with Crippen molar-refractivity contribution < 1.29 is 23.1 Å². The highest BCUT2D eigenvalue weighted by molar-refractivity contribution is 7.89. The molecule has 0 atom stereocenters. The van der Waals surface area contributed by atoms with E-state index in [0.29, 0.717) is 22.6 Å². The van der Waals surface area contributed by atoms with Crippen LogP contribution in [0.3, 0.4) is 0 Å². The van der Waals surface area contributed by atoms with Crippen molar-refractivity contribution in [1.29, 1.82) is 0 Å². The number of phenols is 1. The number of amides is 1. The first kappa shape index (κ1) is 24.9. The van der Waals surface area contributed by atoms with E-state index in [9.17, 15) is 18.3 Å². The summed E-state index contributed by atoms with van der Waals surface area (Å²) in [5.74, 6) is 0.0685. The molecule has 3 aromatic carbocycles. The molecular weight excluding hydrogens is 454 g/mol. The molecule has 2 N–H and O–H groups in total. The van der Waals surface area contributed by atoms with Crippen molar-refractivity contribution in [2.45, 2.75) is 25.3 Å². The number of benzene rings is 3. The molecule has 3 rings (SSSR count). The van der Waals surface area contributed by atoms with Crippen LogP contribution >= 0.6 is 0 Å². The van der Waals surface area contributed by atoms with Gasteiger partial charge in [-0.3, -0.25) is 4.79 Å². The van der Waals surface area contributed by atoms with Crippen molar-refractivity contribution in [3.8, 4) is 11.5 Å². The number of nitrogens with one attached hydrogen (secondary N) is 1. The van der Waals surface area contributed by atoms with Crippen LogP contribution < -0.4 is 10.2 Å². The number of rotatable bonds is 8. The van der Waals surface area contributed by atoms with Gasteiger partial charge in [0.1, 0.15) is 11.5 Å². The molecule has 1 amide bonds. The number of hydrogen-bond acceptors (Lipinski definition) is 6. The van der Waals surface area contributed by atoms with Gasteiger partial charge in [0.15, 0.2) is 0 Å². The number of carbonyl (C=O) groups excluding carboxylic acids is 1. The fourth-order valence-electron chi connectivity index (χ4n) is 3.20. The fraction of sp³-hybridized carbons (Fsp3) is 0.200. The summed E-state index contributed by atoms with van der Waals surface area (Å²) < 4.78 is 31.9. The predicted octanol–water partition coefficient (Wildman–Crippen LogP) is 3.68. The van der Waals surface area contributed by atoms with Crippen molar-refractivity contribution in [3.05, 3.63) is 89.0 Å². The second kappa shape index (κ2) is 10.5. The molecule has 178 valence electrons. The van der Waals surface area contributed by atoms with Crippen molar-refractivity contribution in [3.63, 3.8) is 0 Å². The van der Waals surface area contributed by atoms with E-state index in [4.69, 9.17) is 4.74 Å². The summed E-state index contributed by atoms with van der Waals surface area (Å²) >= 11 is 0. The number of methoxy groups -OCH3 is 1. The summed E-state index contributed by atoms with van der Waals surface area (Å²) in [5.41, 5.74) is 5.44. The normalized spacial score (nSPS) is 12.0. The third kappa shape index (κ3) is 5.81. The van der Waals surface area contributed by atoms with Gasteiger partial charge in [-0.15, -0.1) is 0 Å². The number of phenolic OH excluding ortho intramolecular Hbond substituents is 1. The van der Waals surface area contributed by atoms with Crippen LogP contribution in [0.25, 0.3) is 0 Å². The molecule has 0 saturated carbocycles. The van der Waals surface area contributed by atoms with Crippen LogP contribution in [0.2, 0.25) is 0 Å². The van der Waals surface area contributed by atoms with Gasteiger partial charge in [-0.1, -0.05) is 29.8 Å². The molecule has 0 fully saturated rings. The molecule has 0 aliphatic carbocycles. The van der Waals surface area contributed by atoms with Crippen LogP contribution in [-0.4, -0.2) is 43.6 Å². The molecule has 34 heavy (non-hydrogen) atoms. The van der Waals surface area contributed by atoms with Crippen molar-refractivity contribution in [2.24, 2.45) is 5.10 Å². The zero-order valence-corrected chi connectivity index (χ0v) is 20.3. The van der Waals surface area contributed by atoms with E-state index in [1.165, 1.54) is 24.5 Å². The molecule has 0 aliphatic rings. The van der Waals surface area contributed by atoms with Crippen molar-refractivity contribution in [1.82, 2.24) is 9.73 Å². The molecule has 0 aliphatic heterocycles.